The average Bonchev–Trinajstić information content (AvgIpc) is 3.55. The lowest BCUT2D eigenvalue weighted by Gasteiger charge is -2.32. The van der Waals surface area contributed by atoms with Gasteiger partial charge >= 0.3 is 0 Å². The highest BCUT2D eigenvalue weighted by Gasteiger charge is 2.36. The van der Waals surface area contributed by atoms with Crippen LogP contribution in [0, 0.1) is 11.6 Å². The van der Waals surface area contributed by atoms with Crippen LogP contribution in [-0.4, -0.2) is 71.0 Å². The molecule has 3 rings (SSSR count). The first-order valence-corrected chi connectivity index (χ1v) is 18.2. The van der Waals surface area contributed by atoms with Crippen molar-refractivity contribution in [1.29, 1.82) is 0 Å². The van der Waals surface area contributed by atoms with Gasteiger partial charge in [-0.2, -0.15) is 0 Å². The molecule has 0 radical (unpaired) electrons. The zero-order chi connectivity index (χ0) is 33.9. The minimum absolute atomic E-state index is 0.0124. The maximum absolute atomic E-state index is 14.3. The van der Waals surface area contributed by atoms with Crippen molar-refractivity contribution in [2.45, 2.75) is 89.3 Å². The number of halogens is 2. The summed E-state index contributed by atoms with van der Waals surface area (Å²) in [6, 6.07) is 7.94. The molecule has 0 aliphatic rings. The molecule has 0 aliphatic carbocycles. The second kappa shape index (κ2) is 17.6. The number of aliphatic hydroxyl groups excluding tert-OH is 1. The summed E-state index contributed by atoms with van der Waals surface area (Å²) in [4.78, 5) is 32.7. The van der Waals surface area contributed by atoms with Gasteiger partial charge in [0.1, 0.15) is 23.4 Å². The van der Waals surface area contributed by atoms with Gasteiger partial charge in [0, 0.05) is 30.6 Å². The van der Waals surface area contributed by atoms with Gasteiger partial charge in [0.2, 0.25) is 5.91 Å². The highest BCUT2D eigenvalue weighted by Crippen LogP contribution is 2.20. The van der Waals surface area contributed by atoms with Gasteiger partial charge in [0.15, 0.2) is 9.84 Å². The van der Waals surface area contributed by atoms with Crippen LogP contribution in [0.1, 0.15) is 73.6 Å². The third-order valence-electron chi connectivity index (χ3n) is 7.78. The van der Waals surface area contributed by atoms with Crippen molar-refractivity contribution in [2.75, 3.05) is 12.3 Å². The quantitative estimate of drug-likeness (QED) is 0.181. The largest absolute Gasteiger partial charge is 0.390 e. The number of hydrogen-bond donors (Lipinski definition) is 3. The molecule has 4 N–H and O–H groups in total. The Bertz CT molecular complexity index is 1510. The Balaban J connectivity index is 1.96. The summed E-state index contributed by atoms with van der Waals surface area (Å²) in [6.45, 7) is 5.42. The lowest BCUT2D eigenvalue weighted by molar-refractivity contribution is -0.135. The number of aryl methyl sites for hydroxylation is 1. The average molecular weight is 679 g/mol. The smallest absolute Gasteiger partial charge is 0.271 e. The number of hydrogen-bond acceptors (Lipinski definition) is 8. The van der Waals surface area contributed by atoms with E-state index < -0.39 is 62.5 Å². The number of rotatable bonds is 18. The van der Waals surface area contributed by atoms with Crippen LogP contribution in [0.3, 0.4) is 0 Å². The molecular weight excluding hydrogens is 635 g/mol. The second-order valence-electron chi connectivity index (χ2n) is 11.5. The monoisotopic (exact) mass is 678 g/mol. The van der Waals surface area contributed by atoms with Crippen LogP contribution in [0.5, 0.6) is 0 Å². The summed E-state index contributed by atoms with van der Waals surface area (Å²) in [5.41, 5.74) is 9.73. The zero-order valence-corrected chi connectivity index (χ0v) is 28.1. The van der Waals surface area contributed by atoms with Crippen LogP contribution in [0.2, 0.25) is 0 Å². The van der Waals surface area contributed by atoms with Crippen LogP contribution in [0.4, 0.5) is 8.78 Å². The van der Waals surface area contributed by atoms with Crippen molar-refractivity contribution in [3.05, 3.63) is 87.4 Å². The van der Waals surface area contributed by atoms with Gasteiger partial charge in [0.05, 0.1) is 22.6 Å². The van der Waals surface area contributed by atoms with E-state index in [1.54, 1.807) is 6.07 Å². The van der Waals surface area contributed by atoms with Crippen LogP contribution in [0.25, 0.3) is 0 Å². The summed E-state index contributed by atoms with van der Waals surface area (Å²) < 4.78 is 55.0. The molecule has 3 atom stereocenters. The third-order valence-corrected chi connectivity index (χ3v) is 10.6. The first kappa shape index (κ1) is 37.2. The number of carbonyl (C=O) groups excluding carboxylic acids is 2. The van der Waals surface area contributed by atoms with Gasteiger partial charge in [-0.25, -0.2) is 22.2 Å². The van der Waals surface area contributed by atoms with Crippen LogP contribution < -0.4 is 11.1 Å². The molecule has 1 aromatic heterocycles. The van der Waals surface area contributed by atoms with E-state index in [9.17, 15) is 31.9 Å². The number of sulfone groups is 1. The first-order valence-electron chi connectivity index (χ1n) is 15.5. The molecule has 0 saturated carbocycles. The molecule has 2 aromatic carbocycles. The van der Waals surface area contributed by atoms with Crippen molar-refractivity contribution in [1.82, 2.24) is 15.2 Å². The van der Waals surface area contributed by atoms with E-state index in [2.05, 4.69) is 10.3 Å². The molecule has 13 heteroatoms. The van der Waals surface area contributed by atoms with E-state index in [4.69, 9.17) is 5.73 Å². The lowest BCUT2D eigenvalue weighted by atomic mass is 10.0. The Morgan fingerprint density at radius 2 is 1.67 bits per heavy atom. The molecule has 2 amide bonds. The summed E-state index contributed by atoms with van der Waals surface area (Å²) >= 11 is 1.18. The predicted octanol–water partition coefficient (Wildman–Crippen LogP) is 4.43. The topological polar surface area (TPSA) is 143 Å². The molecule has 46 heavy (non-hydrogen) atoms. The summed E-state index contributed by atoms with van der Waals surface area (Å²) in [5, 5.41) is 14.6. The van der Waals surface area contributed by atoms with Crippen molar-refractivity contribution in [3.63, 3.8) is 0 Å². The van der Waals surface area contributed by atoms with Crippen molar-refractivity contribution < 1.29 is 31.9 Å². The summed E-state index contributed by atoms with van der Waals surface area (Å²) in [5.74, 6) is -3.62. The summed E-state index contributed by atoms with van der Waals surface area (Å²) in [6.07, 6.45) is 1.39. The molecule has 0 bridgehead atoms. The van der Waals surface area contributed by atoms with E-state index >= 15 is 0 Å². The Morgan fingerprint density at radius 1 is 1.02 bits per heavy atom. The van der Waals surface area contributed by atoms with Gasteiger partial charge < -0.3 is 21.1 Å². The molecule has 0 fully saturated rings. The van der Waals surface area contributed by atoms with Gasteiger partial charge in [-0.15, -0.1) is 11.3 Å². The fraction of sp³-hybridized carbons (Fsp3) is 0.485. The molecule has 0 unspecified atom stereocenters. The van der Waals surface area contributed by atoms with E-state index in [0.717, 1.165) is 35.7 Å². The number of thiazole rings is 1. The number of nitrogens with zero attached hydrogens (tertiary/aromatic N) is 2. The SMILES string of the molecule is CCCC(CCC)S(=O)(=O)C[C@@H](NC(=O)c1cscn1)C(=O)N(Cc1cccc(CC)c1)C[C@@H](O)[C@@H](N)Cc1cc(F)cc(F)c1. The van der Waals surface area contributed by atoms with Crippen molar-refractivity contribution in [3.8, 4) is 0 Å². The Hall–Kier alpha value is -3.26. The highest BCUT2D eigenvalue weighted by molar-refractivity contribution is 7.92. The lowest BCUT2D eigenvalue weighted by Crippen LogP contribution is -2.55. The first-order chi connectivity index (χ1) is 21.9. The van der Waals surface area contributed by atoms with Crippen LogP contribution in [-0.2, 0) is 34.0 Å². The molecule has 0 aliphatic heterocycles. The van der Waals surface area contributed by atoms with E-state index in [-0.39, 0.29) is 30.8 Å². The molecule has 9 nitrogen and oxygen atoms in total. The molecule has 0 spiro atoms. The molecule has 0 saturated heterocycles. The standard InChI is InChI=1S/C33H44F2N4O5S2/c1-4-8-27(9-5-2)46(43,44)20-30(38-32(41)29-19-45-21-37-29)33(42)39(17-23-11-7-10-22(6-3)12-23)18-31(40)28(36)15-24-13-25(34)16-26(35)14-24/h7,10-14,16,19,21,27-28,30-31,40H,4-6,8-9,15,17-18,20,36H2,1-3H3,(H,38,41)/t28-,30+,31+/m0/s1. The molecular formula is C33H44F2N4O5S2. The predicted molar refractivity (Wildman–Crippen MR) is 176 cm³/mol. The normalized spacial score (nSPS) is 13.7. The number of carbonyl (C=O) groups is 2. The minimum atomic E-state index is -3.85. The van der Waals surface area contributed by atoms with Gasteiger partial charge in [-0.05, 0) is 54.5 Å². The molecule has 3 aromatic rings. The van der Waals surface area contributed by atoms with E-state index in [0.29, 0.717) is 25.7 Å². The third kappa shape index (κ3) is 10.9. The van der Waals surface area contributed by atoms with Gasteiger partial charge in [-0.1, -0.05) is 57.9 Å². The minimum Gasteiger partial charge on any atom is -0.390 e. The Kier molecular flexibility index (Phi) is 14.2. The van der Waals surface area contributed by atoms with E-state index in [1.807, 2.05) is 39.0 Å². The van der Waals surface area contributed by atoms with Crippen molar-refractivity contribution >= 4 is 33.0 Å². The van der Waals surface area contributed by atoms with E-state index in [1.165, 1.54) is 27.1 Å². The maximum Gasteiger partial charge on any atom is 0.271 e. The Labute approximate surface area is 274 Å². The fourth-order valence-electron chi connectivity index (χ4n) is 5.37. The number of nitrogens with two attached hydrogens (primary N) is 1. The summed E-state index contributed by atoms with van der Waals surface area (Å²) in [7, 11) is -3.85. The Morgan fingerprint density at radius 3 is 2.26 bits per heavy atom. The van der Waals surface area contributed by atoms with Gasteiger partial charge in [-0.3, -0.25) is 9.59 Å². The van der Waals surface area contributed by atoms with Crippen molar-refractivity contribution in [2.24, 2.45) is 5.73 Å². The molecule has 1 heterocycles. The van der Waals surface area contributed by atoms with Crippen LogP contribution >= 0.6 is 11.3 Å². The number of benzene rings is 2. The fourth-order valence-corrected chi connectivity index (χ4v) is 8.05. The zero-order valence-electron chi connectivity index (χ0n) is 26.5. The molecule has 252 valence electrons. The maximum atomic E-state index is 14.3. The number of aromatic nitrogens is 1. The van der Waals surface area contributed by atoms with Gasteiger partial charge in [0.25, 0.3) is 5.91 Å². The van der Waals surface area contributed by atoms with Crippen LogP contribution in [0.15, 0.2) is 53.4 Å². The number of nitrogens with one attached hydrogen (secondary N) is 1. The number of aliphatic hydroxyl groups is 1. The number of amides is 2. The highest BCUT2D eigenvalue weighted by atomic mass is 32.2. The second-order valence-corrected chi connectivity index (χ2v) is 14.6.